The number of ether oxygens (including phenoxy) is 3. The molecule has 0 aliphatic carbocycles. The van der Waals surface area contributed by atoms with E-state index >= 15 is 0 Å². The number of hydrogen-bond donors (Lipinski definition) is 0. The molecule has 5 nitrogen and oxygen atoms in total. The Labute approximate surface area is 125 Å². The summed E-state index contributed by atoms with van der Waals surface area (Å²) in [6.45, 7) is -1.36. The van der Waals surface area contributed by atoms with E-state index in [4.69, 9.17) is 21.1 Å². The molecule has 0 saturated carbocycles. The molecule has 0 saturated heterocycles. The molecular formula is C13H14ClF2NO4. The molecule has 2 rings (SSSR count). The Morgan fingerprint density at radius 3 is 2.62 bits per heavy atom. The number of rotatable bonds is 5. The summed E-state index contributed by atoms with van der Waals surface area (Å²) in [5.41, 5.74) is 0.382. The van der Waals surface area contributed by atoms with Crippen LogP contribution in [-0.2, 0) is 11.3 Å². The average Bonchev–Trinajstić information content (AvgIpc) is 2.84. The molecule has 0 N–H and O–H groups in total. The van der Waals surface area contributed by atoms with Crippen LogP contribution in [0.1, 0.15) is 12.5 Å². The van der Waals surface area contributed by atoms with Gasteiger partial charge in [0, 0.05) is 25.2 Å². The Bertz CT molecular complexity index is 539. The van der Waals surface area contributed by atoms with E-state index in [-0.39, 0.29) is 25.0 Å². The summed E-state index contributed by atoms with van der Waals surface area (Å²) in [5.74, 6) is 0.369. The van der Waals surface area contributed by atoms with Gasteiger partial charge in [-0.05, 0) is 13.0 Å². The zero-order valence-corrected chi connectivity index (χ0v) is 12.2. The minimum atomic E-state index is -2.97. The summed E-state index contributed by atoms with van der Waals surface area (Å²) in [6, 6.07) is 2.84. The molecule has 21 heavy (non-hydrogen) atoms. The van der Waals surface area contributed by atoms with Gasteiger partial charge in [0.05, 0.1) is 0 Å². The number of carbonyl (C=O) groups excluding carboxylic acids is 1. The maximum Gasteiger partial charge on any atom is 0.387 e. The third-order valence-electron chi connectivity index (χ3n) is 2.90. The molecule has 0 fully saturated rings. The summed E-state index contributed by atoms with van der Waals surface area (Å²) < 4.78 is 39.7. The number of fused-ring (bicyclic) bond motifs is 1. The molecule has 0 radical (unpaired) electrons. The zero-order valence-electron chi connectivity index (χ0n) is 11.4. The Balaban J connectivity index is 2.26. The number of hydrogen-bond acceptors (Lipinski definition) is 4. The Kier molecular flexibility index (Phi) is 4.72. The van der Waals surface area contributed by atoms with Crippen LogP contribution in [0.3, 0.4) is 0 Å². The van der Waals surface area contributed by atoms with E-state index in [0.717, 1.165) is 0 Å². The number of halogens is 3. The van der Waals surface area contributed by atoms with Crippen LogP contribution in [-0.4, -0.2) is 36.6 Å². The van der Waals surface area contributed by atoms with Crippen molar-refractivity contribution in [3.8, 4) is 17.2 Å². The van der Waals surface area contributed by atoms with Gasteiger partial charge in [0.15, 0.2) is 11.5 Å². The van der Waals surface area contributed by atoms with Crippen molar-refractivity contribution in [1.29, 1.82) is 0 Å². The second kappa shape index (κ2) is 6.34. The van der Waals surface area contributed by atoms with Crippen LogP contribution >= 0.6 is 11.6 Å². The van der Waals surface area contributed by atoms with Crippen molar-refractivity contribution >= 4 is 17.5 Å². The molecule has 0 aromatic heterocycles. The third kappa shape index (κ3) is 3.66. The fraction of sp³-hybridized carbons (Fsp3) is 0.462. The molecular weight excluding hydrogens is 308 g/mol. The number of carbonyl (C=O) groups is 1. The summed E-state index contributed by atoms with van der Waals surface area (Å²) in [6.07, 6.45) is 0. The van der Waals surface area contributed by atoms with Crippen molar-refractivity contribution in [2.45, 2.75) is 25.5 Å². The van der Waals surface area contributed by atoms with Crippen molar-refractivity contribution in [2.24, 2.45) is 0 Å². The van der Waals surface area contributed by atoms with E-state index in [9.17, 15) is 13.6 Å². The monoisotopic (exact) mass is 321 g/mol. The van der Waals surface area contributed by atoms with Gasteiger partial charge in [-0.2, -0.15) is 8.78 Å². The smallest absolute Gasteiger partial charge is 0.387 e. The van der Waals surface area contributed by atoms with Gasteiger partial charge in [-0.1, -0.05) is 0 Å². The maximum absolute atomic E-state index is 12.5. The molecule has 1 aliphatic heterocycles. The lowest BCUT2D eigenvalue weighted by Gasteiger charge is -2.20. The van der Waals surface area contributed by atoms with E-state index in [1.165, 1.54) is 31.0 Å². The standard InChI is InChI=1S/C13H14ClF2NO4/c1-7(14)12(18)17(2)5-8-3-10-11(20-6-19-10)4-9(8)21-13(15)16/h3-4,7,13H,5-6H2,1-2H3. The van der Waals surface area contributed by atoms with Crippen molar-refractivity contribution < 1.29 is 27.8 Å². The second-order valence-electron chi connectivity index (χ2n) is 4.50. The van der Waals surface area contributed by atoms with E-state index in [0.29, 0.717) is 17.1 Å². The highest BCUT2D eigenvalue weighted by Gasteiger charge is 2.22. The predicted octanol–water partition coefficient (Wildman–Crippen LogP) is 2.60. The maximum atomic E-state index is 12.5. The third-order valence-corrected chi connectivity index (χ3v) is 3.08. The van der Waals surface area contributed by atoms with Crippen LogP contribution in [0.25, 0.3) is 0 Å². The average molecular weight is 322 g/mol. The molecule has 1 atom stereocenters. The normalized spacial score (nSPS) is 14.2. The molecule has 1 amide bonds. The van der Waals surface area contributed by atoms with Crippen LogP contribution in [0, 0.1) is 0 Å². The SMILES string of the molecule is CC(Cl)C(=O)N(C)Cc1cc2c(cc1OC(F)F)OCO2. The highest BCUT2D eigenvalue weighted by Crippen LogP contribution is 2.39. The second-order valence-corrected chi connectivity index (χ2v) is 5.16. The molecule has 0 bridgehead atoms. The van der Waals surface area contributed by atoms with Gasteiger partial charge >= 0.3 is 6.61 Å². The highest BCUT2D eigenvalue weighted by atomic mass is 35.5. The minimum Gasteiger partial charge on any atom is -0.454 e. The fourth-order valence-corrected chi connectivity index (χ4v) is 2.10. The van der Waals surface area contributed by atoms with Crippen LogP contribution in [0.15, 0.2) is 12.1 Å². The minimum absolute atomic E-state index is 0.0143. The first-order valence-corrected chi connectivity index (χ1v) is 6.58. The number of amides is 1. The number of alkyl halides is 3. The van der Waals surface area contributed by atoms with Gasteiger partial charge in [0.25, 0.3) is 0 Å². The number of nitrogens with zero attached hydrogens (tertiary/aromatic N) is 1. The zero-order chi connectivity index (χ0) is 15.6. The van der Waals surface area contributed by atoms with Crippen molar-refractivity contribution in [1.82, 2.24) is 4.90 Å². The van der Waals surface area contributed by atoms with Gasteiger partial charge < -0.3 is 19.1 Å². The lowest BCUT2D eigenvalue weighted by Crippen LogP contribution is -2.31. The van der Waals surface area contributed by atoms with E-state index in [1.54, 1.807) is 0 Å². The van der Waals surface area contributed by atoms with E-state index in [2.05, 4.69) is 4.74 Å². The molecule has 0 spiro atoms. The summed E-state index contributed by atoms with van der Waals surface area (Å²) in [7, 11) is 1.53. The molecule has 8 heteroatoms. The molecule has 1 unspecified atom stereocenters. The van der Waals surface area contributed by atoms with Gasteiger partial charge in [-0.15, -0.1) is 11.6 Å². The lowest BCUT2D eigenvalue weighted by molar-refractivity contribution is -0.129. The summed E-state index contributed by atoms with van der Waals surface area (Å²) in [4.78, 5) is 13.1. The first kappa shape index (κ1) is 15.6. The van der Waals surface area contributed by atoms with E-state index in [1.807, 2.05) is 0 Å². The van der Waals surface area contributed by atoms with Gasteiger partial charge in [0.2, 0.25) is 12.7 Å². The molecule has 1 aromatic rings. The Morgan fingerprint density at radius 1 is 1.43 bits per heavy atom. The number of benzene rings is 1. The van der Waals surface area contributed by atoms with Crippen LogP contribution in [0.5, 0.6) is 17.2 Å². The topological polar surface area (TPSA) is 48.0 Å². The largest absolute Gasteiger partial charge is 0.454 e. The molecule has 1 aromatic carbocycles. The van der Waals surface area contributed by atoms with Gasteiger partial charge in [-0.3, -0.25) is 4.79 Å². The van der Waals surface area contributed by atoms with Crippen LogP contribution in [0.4, 0.5) is 8.78 Å². The molecule has 1 aliphatic rings. The quantitative estimate of drug-likeness (QED) is 0.782. The first-order chi connectivity index (χ1) is 9.88. The summed E-state index contributed by atoms with van der Waals surface area (Å²) in [5, 5.41) is -0.705. The van der Waals surface area contributed by atoms with Crippen molar-refractivity contribution in [3.05, 3.63) is 17.7 Å². The Morgan fingerprint density at radius 2 is 2.05 bits per heavy atom. The molecule has 1 heterocycles. The van der Waals surface area contributed by atoms with Crippen molar-refractivity contribution in [3.63, 3.8) is 0 Å². The summed E-state index contributed by atoms with van der Waals surface area (Å²) >= 11 is 5.72. The van der Waals surface area contributed by atoms with Crippen LogP contribution in [0.2, 0.25) is 0 Å². The lowest BCUT2D eigenvalue weighted by atomic mass is 10.1. The highest BCUT2D eigenvalue weighted by molar-refractivity contribution is 6.30. The fourth-order valence-electron chi connectivity index (χ4n) is 1.93. The predicted molar refractivity (Wildman–Crippen MR) is 71.0 cm³/mol. The van der Waals surface area contributed by atoms with E-state index < -0.39 is 12.0 Å². The van der Waals surface area contributed by atoms with Crippen molar-refractivity contribution in [2.75, 3.05) is 13.8 Å². The Hall–Kier alpha value is -1.76. The van der Waals surface area contributed by atoms with Crippen LogP contribution < -0.4 is 14.2 Å². The van der Waals surface area contributed by atoms with Gasteiger partial charge in [-0.25, -0.2) is 0 Å². The first-order valence-electron chi connectivity index (χ1n) is 6.15. The molecule has 116 valence electrons. The van der Waals surface area contributed by atoms with Gasteiger partial charge in [0.1, 0.15) is 11.1 Å².